The molecule has 1 aromatic rings. The second-order valence-corrected chi connectivity index (χ2v) is 3.58. The van der Waals surface area contributed by atoms with Gasteiger partial charge in [-0.3, -0.25) is 4.58 Å². The van der Waals surface area contributed by atoms with Gasteiger partial charge in [0.25, 0.3) is 0 Å². The van der Waals surface area contributed by atoms with Crippen LogP contribution in [0.3, 0.4) is 0 Å². The number of benzene rings is 1. The van der Waals surface area contributed by atoms with Gasteiger partial charge in [0, 0.05) is 0 Å². The monoisotopic (exact) mass is 197 g/mol. The highest BCUT2D eigenvalue weighted by atomic mass is 35.5. The van der Waals surface area contributed by atoms with E-state index in [0.29, 0.717) is 0 Å². The van der Waals surface area contributed by atoms with Crippen LogP contribution >= 0.6 is 11.6 Å². The first-order valence-electron chi connectivity index (χ1n) is 4.12. The van der Waals surface area contributed by atoms with E-state index in [-0.39, 0.29) is 0 Å². The molecule has 0 aromatic heterocycles. The number of hydrogen-bond acceptors (Lipinski definition) is 0. The number of nitrogens with one attached hydrogen (secondary N) is 1. The maximum atomic E-state index is 6.01. The Balaban J connectivity index is 2.94. The van der Waals surface area contributed by atoms with E-state index in [9.17, 15) is 0 Å². The summed E-state index contributed by atoms with van der Waals surface area (Å²) in [4.78, 5) is 0. The van der Waals surface area contributed by atoms with Crippen molar-refractivity contribution >= 4 is 23.6 Å². The largest absolute Gasteiger partial charge is 0.273 e. The quantitative estimate of drug-likeness (QED) is 0.437. The molecule has 0 aliphatic rings. The van der Waals surface area contributed by atoms with Gasteiger partial charge in [0.15, 0.2) is 0 Å². The lowest BCUT2D eigenvalue weighted by Gasteiger charge is -2.02. The van der Waals surface area contributed by atoms with Crippen LogP contribution in [0.5, 0.6) is 0 Å². The van der Waals surface area contributed by atoms with Gasteiger partial charge in [-0.2, -0.15) is 0 Å². The topological polar surface area (TPSA) is 15.0 Å². The van der Waals surface area contributed by atoms with Crippen LogP contribution in [0.15, 0.2) is 18.2 Å². The van der Waals surface area contributed by atoms with E-state index in [4.69, 9.17) is 11.6 Å². The van der Waals surface area contributed by atoms with Crippen LogP contribution < -0.4 is 5.32 Å². The zero-order valence-corrected chi connectivity index (χ0v) is 8.89. The van der Waals surface area contributed by atoms with Crippen molar-refractivity contribution in [3.05, 3.63) is 28.8 Å². The van der Waals surface area contributed by atoms with Gasteiger partial charge in [-0.25, -0.2) is 5.32 Å². The van der Waals surface area contributed by atoms with Gasteiger partial charge in [-0.15, -0.1) is 0 Å². The summed E-state index contributed by atoms with van der Waals surface area (Å²) in [5, 5.41) is 3.90. The van der Waals surface area contributed by atoms with Crippen LogP contribution in [0.2, 0.25) is 5.02 Å². The molecule has 1 rings (SSSR count). The van der Waals surface area contributed by atoms with Crippen molar-refractivity contribution in [3.8, 4) is 0 Å². The fourth-order valence-electron chi connectivity index (χ4n) is 1.01. The molecule has 70 valence electrons. The maximum absolute atomic E-state index is 6.01. The molecular formula is C10H14ClN2+. The van der Waals surface area contributed by atoms with Crippen molar-refractivity contribution in [1.82, 2.24) is 0 Å². The Hall–Kier alpha value is -1.02. The molecule has 1 N–H and O–H groups in total. The van der Waals surface area contributed by atoms with Gasteiger partial charge in [-0.05, 0) is 18.6 Å². The zero-order valence-electron chi connectivity index (χ0n) is 8.13. The van der Waals surface area contributed by atoms with Gasteiger partial charge in [-0.1, -0.05) is 23.7 Å². The van der Waals surface area contributed by atoms with Crippen LogP contribution in [0.4, 0.5) is 5.69 Å². The molecule has 0 unspecified atom stereocenters. The highest BCUT2D eigenvalue weighted by Gasteiger charge is 2.05. The van der Waals surface area contributed by atoms with Crippen LogP contribution in [-0.4, -0.2) is 25.0 Å². The summed E-state index contributed by atoms with van der Waals surface area (Å²) in [6, 6.07) is 5.84. The summed E-state index contributed by atoms with van der Waals surface area (Å²) in [6.07, 6.45) is 1.87. The second-order valence-electron chi connectivity index (χ2n) is 3.17. The van der Waals surface area contributed by atoms with E-state index < -0.39 is 0 Å². The van der Waals surface area contributed by atoms with E-state index in [1.807, 2.05) is 50.1 Å². The Morgan fingerprint density at radius 1 is 1.38 bits per heavy atom. The predicted molar refractivity (Wildman–Crippen MR) is 58.0 cm³/mol. The molecule has 0 amide bonds. The van der Waals surface area contributed by atoms with E-state index in [1.54, 1.807) is 0 Å². The van der Waals surface area contributed by atoms with Crippen molar-refractivity contribution in [2.24, 2.45) is 0 Å². The van der Waals surface area contributed by atoms with Crippen molar-refractivity contribution in [1.29, 1.82) is 0 Å². The third-order valence-electron chi connectivity index (χ3n) is 1.69. The SMILES string of the molecule is Cc1cccc(Cl)c1NC=[N+](C)C. The van der Waals surface area contributed by atoms with Crippen LogP contribution in [0.25, 0.3) is 0 Å². The number of anilines is 1. The standard InChI is InChI=1S/C10H13ClN2/c1-8-5-4-6-9(11)10(8)12-7-13(2)3/h4-7H,1-3H3/p+1. The predicted octanol–water partition coefficient (Wildman–Crippen LogP) is 2.36. The van der Waals surface area contributed by atoms with Crippen LogP contribution in [0.1, 0.15) is 5.56 Å². The number of aryl methyl sites for hydroxylation is 1. The first kappa shape index (κ1) is 10.1. The van der Waals surface area contributed by atoms with Gasteiger partial charge >= 0.3 is 0 Å². The fraction of sp³-hybridized carbons (Fsp3) is 0.300. The van der Waals surface area contributed by atoms with E-state index in [2.05, 4.69) is 5.32 Å². The third kappa shape index (κ3) is 2.74. The highest BCUT2D eigenvalue weighted by Crippen LogP contribution is 2.24. The number of hydrogen-bond donors (Lipinski definition) is 1. The lowest BCUT2D eigenvalue weighted by atomic mass is 10.2. The maximum Gasteiger partial charge on any atom is 0.236 e. The fourth-order valence-corrected chi connectivity index (χ4v) is 1.28. The molecule has 3 heteroatoms. The lowest BCUT2D eigenvalue weighted by Crippen LogP contribution is -2.08. The van der Waals surface area contributed by atoms with Crippen LogP contribution in [0, 0.1) is 6.92 Å². The Bertz CT molecular complexity index is 307. The third-order valence-corrected chi connectivity index (χ3v) is 2.00. The van der Waals surface area contributed by atoms with E-state index in [1.165, 1.54) is 0 Å². The zero-order chi connectivity index (χ0) is 9.84. The van der Waals surface area contributed by atoms with E-state index in [0.717, 1.165) is 16.3 Å². The lowest BCUT2D eigenvalue weighted by molar-refractivity contribution is -0.459. The van der Waals surface area contributed by atoms with Crippen molar-refractivity contribution in [2.45, 2.75) is 6.92 Å². The highest BCUT2D eigenvalue weighted by molar-refractivity contribution is 6.33. The summed E-state index contributed by atoms with van der Waals surface area (Å²) in [5.41, 5.74) is 2.11. The smallest absolute Gasteiger partial charge is 0.236 e. The molecule has 0 radical (unpaired) electrons. The molecule has 0 aliphatic carbocycles. The summed E-state index contributed by atoms with van der Waals surface area (Å²) < 4.78 is 1.93. The molecule has 13 heavy (non-hydrogen) atoms. The molecule has 0 fully saturated rings. The summed E-state index contributed by atoms with van der Waals surface area (Å²) in [7, 11) is 3.92. The normalized spacial score (nSPS) is 9.54. The average molecular weight is 198 g/mol. The number of halogens is 1. The van der Waals surface area contributed by atoms with Gasteiger partial charge in [0.2, 0.25) is 6.34 Å². The minimum absolute atomic E-state index is 0.748. The first-order chi connectivity index (χ1) is 6.11. The Morgan fingerprint density at radius 3 is 2.62 bits per heavy atom. The number of rotatable bonds is 2. The molecule has 0 atom stereocenters. The van der Waals surface area contributed by atoms with Gasteiger partial charge in [0.1, 0.15) is 5.69 Å². The molecule has 0 heterocycles. The first-order valence-corrected chi connectivity index (χ1v) is 4.50. The summed E-state index contributed by atoms with van der Waals surface area (Å²) in [6.45, 7) is 2.03. The van der Waals surface area contributed by atoms with Gasteiger partial charge < -0.3 is 0 Å². The molecular weight excluding hydrogens is 184 g/mol. The van der Waals surface area contributed by atoms with Crippen molar-refractivity contribution in [2.75, 3.05) is 19.4 Å². The minimum atomic E-state index is 0.748. The molecule has 0 spiro atoms. The molecule has 0 saturated heterocycles. The minimum Gasteiger partial charge on any atom is -0.273 e. The van der Waals surface area contributed by atoms with Crippen molar-refractivity contribution in [3.63, 3.8) is 0 Å². The summed E-state index contributed by atoms with van der Waals surface area (Å²) in [5.74, 6) is 0. The average Bonchev–Trinajstić information content (AvgIpc) is 2.03. The van der Waals surface area contributed by atoms with E-state index >= 15 is 0 Å². The second kappa shape index (κ2) is 4.28. The number of para-hydroxylation sites is 1. The number of nitrogens with zero attached hydrogens (tertiary/aromatic N) is 1. The van der Waals surface area contributed by atoms with Crippen molar-refractivity contribution < 1.29 is 4.58 Å². The Labute approximate surface area is 83.8 Å². The Morgan fingerprint density at radius 2 is 2.08 bits per heavy atom. The molecule has 2 nitrogen and oxygen atoms in total. The molecule has 0 saturated carbocycles. The summed E-state index contributed by atoms with van der Waals surface area (Å²) >= 11 is 6.01. The van der Waals surface area contributed by atoms with Crippen LogP contribution in [-0.2, 0) is 0 Å². The molecule has 0 bridgehead atoms. The molecule has 1 aromatic carbocycles. The molecule has 0 aliphatic heterocycles. The van der Waals surface area contributed by atoms with Gasteiger partial charge in [0.05, 0.1) is 19.1 Å². The Kier molecular flexibility index (Phi) is 3.32.